The summed E-state index contributed by atoms with van der Waals surface area (Å²) in [5.41, 5.74) is 3.74. The summed E-state index contributed by atoms with van der Waals surface area (Å²) in [6, 6.07) is 13.8. The van der Waals surface area contributed by atoms with Crippen molar-refractivity contribution < 1.29 is 13.2 Å². The van der Waals surface area contributed by atoms with Crippen LogP contribution in [0.1, 0.15) is 67.2 Å². The van der Waals surface area contributed by atoms with Gasteiger partial charge in [-0.05, 0) is 106 Å². The Bertz CT molecular complexity index is 944. The van der Waals surface area contributed by atoms with Gasteiger partial charge in [0.1, 0.15) is 0 Å². The molecular formula is C26H31F3N2. The Labute approximate surface area is 183 Å². The SMILES string of the molecule is CN(C)C1CCC(N2CC[C@@H]3C[C@H]2c2cc(-c4cccc(C(F)(F)F)c4)ccc23)CC1. The highest BCUT2D eigenvalue weighted by atomic mass is 19.4. The van der Waals surface area contributed by atoms with Crippen LogP contribution >= 0.6 is 0 Å². The highest BCUT2D eigenvalue weighted by Gasteiger charge is 2.42. The number of fused-ring (bicyclic) bond motifs is 5. The number of alkyl halides is 3. The zero-order valence-electron chi connectivity index (χ0n) is 18.3. The van der Waals surface area contributed by atoms with Crippen LogP contribution in [0.5, 0.6) is 0 Å². The van der Waals surface area contributed by atoms with Crippen molar-refractivity contribution in [2.45, 2.75) is 68.7 Å². The van der Waals surface area contributed by atoms with Crippen LogP contribution < -0.4 is 0 Å². The summed E-state index contributed by atoms with van der Waals surface area (Å²) in [6.07, 6.45) is 3.03. The highest BCUT2D eigenvalue weighted by Crippen LogP contribution is 2.51. The molecule has 1 heterocycles. The number of piperidine rings is 1. The van der Waals surface area contributed by atoms with Gasteiger partial charge in [-0.15, -0.1) is 0 Å². The minimum Gasteiger partial charge on any atom is -0.306 e. The number of hydrogen-bond acceptors (Lipinski definition) is 2. The maximum Gasteiger partial charge on any atom is 0.416 e. The van der Waals surface area contributed by atoms with E-state index in [0.717, 1.165) is 24.6 Å². The molecule has 5 heteroatoms. The molecule has 0 aromatic heterocycles. The Morgan fingerprint density at radius 2 is 1.61 bits per heavy atom. The van der Waals surface area contributed by atoms with E-state index in [0.29, 0.717) is 29.6 Å². The summed E-state index contributed by atoms with van der Waals surface area (Å²) in [7, 11) is 4.36. The predicted molar refractivity (Wildman–Crippen MR) is 118 cm³/mol. The topological polar surface area (TPSA) is 6.48 Å². The molecule has 2 aromatic carbocycles. The van der Waals surface area contributed by atoms with E-state index in [2.05, 4.69) is 36.0 Å². The second-order valence-electron chi connectivity index (χ2n) is 9.82. The van der Waals surface area contributed by atoms with Gasteiger partial charge in [0.25, 0.3) is 0 Å². The first-order chi connectivity index (χ1) is 14.8. The standard InChI is InChI=1S/C26H31F3N2/c1-30(2)21-7-9-22(10-8-21)31-13-12-19-16-25(31)24-15-18(6-11-23(19)24)17-4-3-5-20(14-17)26(27,28)29/h3-6,11,14-15,19,21-22,25H,7-10,12-13,16H2,1-2H3/t19-,21?,22?,25+/m1/s1. The summed E-state index contributed by atoms with van der Waals surface area (Å²) >= 11 is 0. The maximum absolute atomic E-state index is 13.2. The van der Waals surface area contributed by atoms with Gasteiger partial charge < -0.3 is 4.90 Å². The van der Waals surface area contributed by atoms with E-state index >= 15 is 0 Å². The van der Waals surface area contributed by atoms with Crippen molar-refractivity contribution in [2.75, 3.05) is 20.6 Å². The molecule has 0 radical (unpaired) electrons. The molecule has 3 aliphatic rings. The van der Waals surface area contributed by atoms with Crippen LogP contribution in [0.4, 0.5) is 13.2 Å². The number of nitrogens with zero attached hydrogens (tertiary/aromatic N) is 2. The fraction of sp³-hybridized carbons (Fsp3) is 0.538. The molecule has 166 valence electrons. The van der Waals surface area contributed by atoms with Crippen LogP contribution in [0.15, 0.2) is 42.5 Å². The third-order valence-electron chi connectivity index (χ3n) is 7.92. The second kappa shape index (κ2) is 7.93. The van der Waals surface area contributed by atoms with Crippen LogP contribution in [-0.4, -0.2) is 42.5 Å². The van der Waals surface area contributed by atoms with Gasteiger partial charge in [0.15, 0.2) is 0 Å². The molecule has 31 heavy (non-hydrogen) atoms. The van der Waals surface area contributed by atoms with Crippen LogP contribution in [0, 0.1) is 0 Å². The zero-order chi connectivity index (χ0) is 21.8. The van der Waals surface area contributed by atoms with Gasteiger partial charge >= 0.3 is 6.18 Å². The van der Waals surface area contributed by atoms with E-state index in [4.69, 9.17) is 0 Å². The molecule has 2 aromatic rings. The molecule has 1 saturated heterocycles. The molecule has 2 fully saturated rings. The first kappa shape index (κ1) is 21.0. The van der Waals surface area contributed by atoms with Gasteiger partial charge in [-0.3, -0.25) is 4.90 Å². The fourth-order valence-corrected chi connectivity index (χ4v) is 6.20. The number of hydrogen-bond donors (Lipinski definition) is 0. The smallest absolute Gasteiger partial charge is 0.306 e. The lowest BCUT2D eigenvalue weighted by molar-refractivity contribution is -0.137. The molecule has 0 N–H and O–H groups in total. The van der Waals surface area contributed by atoms with E-state index in [1.807, 2.05) is 6.07 Å². The fourth-order valence-electron chi connectivity index (χ4n) is 6.20. The molecule has 2 bridgehead atoms. The summed E-state index contributed by atoms with van der Waals surface area (Å²) in [5, 5.41) is 0. The lowest BCUT2D eigenvalue weighted by Gasteiger charge is -2.43. The van der Waals surface area contributed by atoms with Crippen molar-refractivity contribution in [3.63, 3.8) is 0 Å². The number of benzene rings is 2. The second-order valence-corrected chi connectivity index (χ2v) is 9.82. The van der Waals surface area contributed by atoms with E-state index in [1.54, 1.807) is 6.07 Å². The quantitative estimate of drug-likeness (QED) is 0.552. The minimum atomic E-state index is -4.31. The average Bonchev–Trinajstić information content (AvgIpc) is 3.05. The number of rotatable bonds is 3. The van der Waals surface area contributed by atoms with Gasteiger partial charge in [-0.2, -0.15) is 13.2 Å². The molecule has 2 aliphatic carbocycles. The Hall–Kier alpha value is -1.85. The summed E-state index contributed by atoms with van der Waals surface area (Å²) in [5.74, 6) is 0.602. The largest absolute Gasteiger partial charge is 0.416 e. The number of halogens is 3. The van der Waals surface area contributed by atoms with Crippen LogP contribution in [-0.2, 0) is 6.18 Å². The summed E-state index contributed by atoms with van der Waals surface area (Å²) in [6.45, 7) is 1.14. The van der Waals surface area contributed by atoms with Crippen LogP contribution in [0.3, 0.4) is 0 Å². The first-order valence-corrected chi connectivity index (χ1v) is 11.5. The van der Waals surface area contributed by atoms with E-state index in [-0.39, 0.29) is 0 Å². The van der Waals surface area contributed by atoms with Gasteiger partial charge in [-0.25, -0.2) is 0 Å². The molecule has 1 saturated carbocycles. The Kier molecular flexibility index (Phi) is 5.38. The van der Waals surface area contributed by atoms with Gasteiger partial charge in [0.2, 0.25) is 0 Å². The third-order valence-corrected chi connectivity index (χ3v) is 7.92. The number of likely N-dealkylation sites (tertiary alicyclic amines) is 1. The maximum atomic E-state index is 13.2. The van der Waals surface area contributed by atoms with Gasteiger partial charge in [0.05, 0.1) is 5.56 Å². The van der Waals surface area contributed by atoms with E-state index in [9.17, 15) is 13.2 Å². The van der Waals surface area contributed by atoms with Crippen molar-refractivity contribution in [3.05, 3.63) is 59.2 Å². The normalized spacial score (nSPS) is 28.7. The van der Waals surface area contributed by atoms with Crippen molar-refractivity contribution in [1.82, 2.24) is 9.80 Å². The van der Waals surface area contributed by atoms with E-state index in [1.165, 1.54) is 55.4 Å². The lowest BCUT2D eigenvalue weighted by atomic mass is 9.86. The lowest BCUT2D eigenvalue weighted by Crippen LogP contribution is -2.45. The zero-order valence-corrected chi connectivity index (χ0v) is 18.3. The third kappa shape index (κ3) is 3.91. The van der Waals surface area contributed by atoms with Crippen molar-refractivity contribution >= 4 is 0 Å². The molecule has 2 atom stereocenters. The van der Waals surface area contributed by atoms with Crippen molar-refractivity contribution in [1.29, 1.82) is 0 Å². The molecule has 2 nitrogen and oxygen atoms in total. The van der Waals surface area contributed by atoms with Crippen LogP contribution in [0.25, 0.3) is 11.1 Å². The summed E-state index contributed by atoms with van der Waals surface area (Å²) in [4.78, 5) is 5.08. The average molecular weight is 429 g/mol. The predicted octanol–water partition coefficient (Wildman–Crippen LogP) is 6.48. The molecule has 0 unspecified atom stereocenters. The Balaban J connectivity index is 1.42. The minimum absolute atomic E-state index is 0.417. The van der Waals surface area contributed by atoms with Gasteiger partial charge in [-0.1, -0.05) is 24.3 Å². The molecular weight excluding hydrogens is 397 g/mol. The molecule has 0 amide bonds. The Morgan fingerprint density at radius 1 is 0.871 bits per heavy atom. The monoisotopic (exact) mass is 428 g/mol. The van der Waals surface area contributed by atoms with E-state index < -0.39 is 11.7 Å². The molecule has 0 spiro atoms. The Morgan fingerprint density at radius 3 is 2.32 bits per heavy atom. The van der Waals surface area contributed by atoms with Crippen LogP contribution in [0.2, 0.25) is 0 Å². The molecule has 5 rings (SSSR count). The van der Waals surface area contributed by atoms with Crippen molar-refractivity contribution in [3.8, 4) is 11.1 Å². The summed E-state index contributed by atoms with van der Waals surface area (Å²) < 4.78 is 39.6. The van der Waals surface area contributed by atoms with Gasteiger partial charge in [0, 0.05) is 18.1 Å². The highest BCUT2D eigenvalue weighted by molar-refractivity contribution is 5.67. The first-order valence-electron chi connectivity index (χ1n) is 11.5. The van der Waals surface area contributed by atoms with Crippen molar-refractivity contribution in [2.24, 2.45) is 0 Å². The molecule has 1 aliphatic heterocycles.